The third kappa shape index (κ3) is 0.795. The molecule has 0 saturated carbocycles. The second kappa shape index (κ2) is 2.10. The highest BCUT2D eigenvalue weighted by Crippen LogP contribution is 2.12. The second-order valence-electron chi connectivity index (χ2n) is 2.58. The van der Waals surface area contributed by atoms with E-state index in [2.05, 4.69) is 9.97 Å². The minimum absolute atomic E-state index is 0.170. The minimum atomic E-state index is -0.965. The van der Waals surface area contributed by atoms with E-state index in [4.69, 9.17) is 5.11 Å². The number of hydrogen-bond donors (Lipinski definition) is 2. The maximum atomic E-state index is 10.5. The van der Waals surface area contributed by atoms with Gasteiger partial charge in [0.25, 0.3) is 0 Å². The van der Waals surface area contributed by atoms with Crippen LogP contribution in [0.4, 0.5) is 0 Å². The van der Waals surface area contributed by atoms with Crippen LogP contribution >= 0.6 is 0 Å². The van der Waals surface area contributed by atoms with Crippen LogP contribution in [0.15, 0.2) is 12.4 Å². The monoisotopic (exact) mass is 165 g/mol. The molecule has 0 bridgehead atoms. The molecule has 0 aliphatic carbocycles. The zero-order valence-electron chi connectivity index (χ0n) is 6.40. The Labute approximate surface area is 67.6 Å². The summed E-state index contributed by atoms with van der Waals surface area (Å²) in [4.78, 5) is 17.2. The fourth-order valence-corrected chi connectivity index (χ4v) is 1.12. The van der Waals surface area contributed by atoms with Crippen molar-refractivity contribution in [3.8, 4) is 0 Å². The van der Waals surface area contributed by atoms with Gasteiger partial charge in [0.05, 0.1) is 11.8 Å². The lowest BCUT2D eigenvalue weighted by Gasteiger charge is -1.86. The van der Waals surface area contributed by atoms with E-state index in [1.54, 1.807) is 17.0 Å². The maximum Gasteiger partial charge on any atom is 0.352 e. The normalized spacial score (nSPS) is 10.8. The molecular formula is C7H7N3O2. The molecule has 62 valence electrons. The van der Waals surface area contributed by atoms with Gasteiger partial charge in [-0.3, -0.25) is 0 Å². The number of aromatic amines is 1. The van der Waals surface area contributed by atoms with E-state index in [1.807, 2.05) is 7.05 Å². The Morgan fingerprint density at radius 2 is 2.50 bits per heavy atom. The summed E-state index contributed by atoms with van der Waals surface area (Å²) in [7, 11) is 1.81. The average Bonchev–Trinajstić information content (AvgIpc) is 2.53. The molecule has 2 N–H and O–H groups in total. The number of carbonyl (C=O) groups is 1. The molecule has 0 aromatic carbocycles. The molecule has 2 heterocycles. The first-order valence-corrected chi connectivity index (χ1v) is 3.42. The Hall–Kier alpha value is -1.78. The average molecular weight is 165 g/mol. The highest BCUT2D eigenvalue weighted by atomic mass is 16.4. The van der Waals surface area contributed by atoms with Crippen LogP contribution in [0, 0.1) is 0 Å². The standard InChI is InChI=1S/C7H7N3O2/c1-10-3-8-6-5(10)2-4(9-6)7(11)12/h2-3,9H,1H3,(H,11,12). The first kappa shape index (κ1) is 6.90. The van der Waals surface area contributed by atoms with Gasteiger partial charge in [-0.1, -0.05) is 0 Å². The van der Waals surface area contributed by atoms with E-state index in [0.29, 0.717) is 5.65 Å². The van der Waals surface area contributed by atoms with Gasteiger partial charge >= 0.3 is 5.97 Å². The van der Waals surface area contributed by atoms with Crippen molar-refractivity contribution in [2.75, 3.05) is 0 Å². The number of nitrogens with one attached hydrogen (secondary N) is 1. The fraction of sp³-hybridized carbons (Fsp3) is 0.143. The van der Waals surface area contributed by atoms with Gasteiger partial charge < -0.3 is 14.7 Å². The number of carboxylic acids is 1. The van der Waals surface area contributed by atoms with E-state index in [9.17, 15) is 4.79 Å². The zero-order chi connectivity index (χ0) is 8.72. The molecule has 0 atom stereocenters. The first-order valence-electron chi connectivity index (χ1n) is 3.42. The van der Waals surface area contributed by atoms with E-state index in [0.717, 1.165) is 5.52 Å². The molecule has 0 unspecified atom stereocenters. The van der Waals surface area contributed by atoms with Gasteiger partial charge in [0.1, 0.15) is 5.69 Å². The Morgan fingerprint density at radius 3 is 3.08 bits per heavy atom. The summed E-state index contributed by atoms with van der Waals surface area (Å²) in [6.45, 7) is 0. The van der Waals surface area contributed by atoms with Crippen molar-refractivity contribution >= 4 is 17.1 Å². The molecule has 2 rings (SSSR count). The maximum absolute atomic E-state index is 10.5. The number of fused-ring (bicyclic) bond motifs is 1. The lowest BCUT2D eigenvalue weighted by atomic mass is 10.4. The Balaban J connectivity index is 2.70. The molecule has 5 nitrogen and oxygen atoms in total. The summed E-state index contributed by atoms with van der Waals surface area (Å²) in [5.41, 5.74) is 1.58. The van der Waals surface area contributed by atoms with Gasteiger partial charge in [0, 0.05) is 7.05 Å². The highest BCUT2D eigenvalue weighted by Gasteiger charge is 2.09. The molecule has 0 aliphatic rings. The van der Waals surface area contributed by atoms with Crippen molar-refractivity contribution in [2.45, 2.75) is 0 Å². The molecule has 0 amide bonds. The number of carboxylic acid groups (broad SMARTS) is 1. The second-order valence-corrected chi connectivity index (χ2v) is 2.58. The number of nitrogens with zero attached hydrogens (tertiary/aromatic N) is 2. The van der Waals surface area contributed by atoms with Crippen LogP contribution in [0.1, 0.15) is 10.5 Å². The minimum Gasteiger partial charge on any atom is -0.477 e. The topological polar surface area (TPSA) is 70.9 Å². The summed E-state index contributed by atoms with van der Waals surface area (Å²) < 4.78 is 1.76. The molecular weight excluding hydrogens is 158 g/mol. The largest absolute Gasteiger partial charge is 0.477 e. The lowest BCUT2D eigenvalue weighted by molar-refractivity contribution is 0.0691. The number of H-pyrrole nitrogens is 1. The third-order valence-electron chi connectivity index (χ3n) is 1.75. The van der Waals surface area contributed by atoms with Gasteiger partial charge in [-0.25, -0.2) is 9.78 Å². The number of rotatable bonds is 1. The number of aromatic nitrogens is 3. The van der Waals surface area contributed by atoms with Crippen molar-refractivity contribution in [3.63, 3.8) is 0 Å². The highest BCUT2D eigenvalue weighted by molar-refractivity contribution is 5.91. The van der Waals surface area contributed by atoms with Crippen LogP contribution in [-0.2, 0) is 7.05 Å². The Bertz CT molecular complexity index is 440. The fourth-order valence-electron chi connectivity index (χ4n) is 1.12. The van der Waals surface area contributed by atoms with E-state index >= 15 is 0 Å². The number of imidazole rings is 1. The van der Waals surface area contributed by atoms with Crippen LogP contribution in [0.25, 0.3) is 11.2 Å². The predicted octanol–water partition coefficient (Wildman–Crippen LogP) is 0.600. The summed E-state index contributed by atoms with van der Waals surface area (Å²) in [6.07, 6.45) is 1.63. The molecule has 0 fully saturated rings. The number of aromatic carboxylic acids is 1. The number of aryl methyl sites for hydroxylation is 1. The first-order chi connectivity index (χ1) is 5.68. The predicted molar refractivity (Wildman–Crippen MR) is 42.0 cm³/mol. The van der Waals surface area contributed by atoms with Gasteiger partial charge in [0.15, 0.2) is 5.65 Å². The van der Waals surface area contributed by atoms with E-state index < -0.39 is 5.97 Å². The molecule has 0 aliphatic heterocycles. The van der Waals surface area contributed by atoms with Crippen molar-refractivity contribution in [3.05, 3.63) is 18.1 Å². The van der Waals surface area contributed by atoms with Crippen LogP contribution in [0.5, 0.6) is 0 Å². The number of hydrogen-bond acceptors (Lipinski definition) is 2. The lowest BCUT2D eigenvalue weighted by Crippen LogP contribution is -1.95. The summed E-state index contributed by atoms with van der Waals surface area (Å²) in [6, 6.07) is 1.56. The van der Waals surface area contributed by atoms with Crippen molar-refractivity contribution in [1.29, 1.82) is 0 Å². The van der Waals surface area contributed by atoms with Crippen LogP contribution in [0.3, 0.4) is 0 Å². The Kier molecular flexibility index (Phi) is 1.21. The van der Waals surface area contributed by atoms with Gasteiger partial charge in [-0.2, -0.15) is 0 Å². The van der Waals surface area contributed by atoms with Crippen LogP contribution < -0.4 is 0 Å². The quantitative estimate of drug-likeness (QED) is 0.650. The molecule has 5 heteroatoms. The SMILES string of the molecule is Cn1cnc2[nH]c(C(=O)O)cc21. The van der Waals surface area contributed by atoms with Gasteiger partial charge in [0.2, 0.25) is 0 Å². The van der Waals surface area contributed by atoms with E-state index in [1.165, 1.54) is 0 Å². The third-order valence-corrected chi connectivity index (χ3v) is 1.75. The molecule has 2 aromatic rings. The Morgan fingerprint density at radius 1 is 1.75 bits per heavy atom. The van der Waals surface area contributed by atoms with Gasteiger partial charge in [-0.05, 0) is 6.07 Å². The molecule has 0 radical (unpaired) electrons. The summed E-state index contributed by atoms with van der Waals surface area (Å²) >= 11 is 0. The van der Waals surface area contributed by atoms with Crippen LogP contribution in [0.2, 0.25) is 0 Å². The van der Waals surface area contributed by atoms with Gasteiger partial charge in [-0.15, -0.1) is 0 Å². The van der Waals surface area contributed by atoms with Crippen molar-refractivity contribution < 1.29 is 9.90 Å². The van der Waals surface area contributed by atoms with Crippen molar-refractivity contribution in [2.24, 2.45) is 7.05 Å². The smallest absolute Gasteiger partial charge is 0.352 e. The van der Waals surface area contributed by atoms with E-state index in [-0.39, 0.29) is 5.69 Å². The van der Waals surface area contributed by atoms with Crippen LogP contribution in [-0.4, -0.2) is 25.6 Å². The summed E-state index contributed by atoms with van der Waals surface area (Å²) in [5, 5.41) is 8.63. The zero-order valence-corrected chi connectivity index (χ0v) is 6.40. The molecule has 12 heavy (non-hydrogen) atoms. The molecule has 2 aromatic heterocycles. The molecule has 0 spiro atoms. The van der Waals surface area contributed by atoms with Crippen molar-refractivity contribution in [1.82, 2.24) is 14.5 Å². The molecule has 0 saturated heterocycles. The summed E-state index contributed by atoms with van der Waals surface area (Å²) in [5.74, 6) is -0.965.